The highest BCUT2D eigenvalue weighted by atomic mass is 79.9. The van der Waals surface area contributed by atoms with Gasteiger partial charge in [-0.15, -0.1) is 0 Å². The Hall–Kier alpha value is -1.17. The largest absolute Gasteiger partial charge is 0.431 e. The van der Waals surface area contributed by atoms with Crippen LogP contribution in [-0.2, 0) is 9.53 Å². The summed E-state index contributed by atoms with van der Waals surface area (Å²) >= 11 is 3.73. The molecule has 0 spiro atoms. The van der Waals surface area contributed by atoms with Crippen LogP contribution in [0, 0.1) is 165 Å². The molecule has 0 aromatic carbocycles. The number of alkyl halides is 1. The monoisotopic (exact) mass is 1620 g/mol. The molecule has 9 unspecified atom stereocenters. The lowest BCUT2D eigenvalue weighted by Gasteiger charge is -2.58. The van der Waals surface area contributed by atoms with Crippen molar-refractivity contribution in [1.82, 2.24) is 0 Å². The van der Waals surface area contributed by atoms with Crippen LogP contribution in [0.15, 0.2) is 47.8 Å². The van der Waals surface area contributed by atoms with Gasteiger partial charge in [-0.3, -0.25) is 4.79 Å². The highest BCUT2D eigenvalue weighted by Crippen LogP contribution is 2.70. The van der Waals surface area contributed by atoms with Gasteiger partial charge in [0.1, 0.15) is 5.76 Å². The second kappa shape index (κ2) is 37.7. The van der Waals surface area contributed by atoms with E-state index < -0.39 is 0 Å². The molecule has 24 atom stereocenters. The van der Waals surface area contributed by atoms with Crippen LogP contribution in [0.2, 0.25) is 0 Å². The maximum Gasteiger partial charge on any atom is 0.310 e. The molecule has 0 bridgehead atoms. The first kappa shape index (κ1) is 97.9. The minimum atomic E-state index is -0.120. The molecule has 12 aliphatic carbocycles. The summed E-state index contributed by atoms with van der Waals surface area (Å²) < 4.78 is 5.57. The summed E-state index contributed by atoms with van der Waals surface area (Å²) in [6.45, 7) is 81.4. The first-order chi connectivity index (χ1) is 51.7. The third-order valence-corrected chi connectivity index (χ3v) is 42.2. The average Bonchev–Trinajstić information content (AvgIpc) is 1.30. The van der Waals surface area contributed by atoms with Crippen molar-refractivity contribution in [1.29, 1.82) is 0 Å². The van der Waals surface area contributed by atoms with Gasteiger partial charge in [-0.05, 0) is 346 Å². The van der Waals surface area contributed by atoms with Gasteiger partial charge in [0, 0.05) is 17.2 Å². The molecule has 1 saturated heterocycles. The number of fused-ring (bicyclic) bond motifs is 10. The number of hydrogen-bond acceptors (Lipinski definition) is 4. The van der Waals surface area contributed by atoms with E-state index in [9.17, 15) is 15.0 Å². The minimum absolute atomic E-state index is 0.0473. The van der Waals surface area contributed by atoms with Crippen molar-refractivity contribution < 1.29 is 19.7 Å². The Kier molecular flexibility index (Phi) is 32.9. The summed E-state index contributed by atoms with van der Waals surface area (Å²) in [7, 11) is 0. The molecular weight excluding hydrogens is 1430 g/mol. The number of rotatable bonds is 15. The van der Waals surface area contributed by atoms with E-state index in [2.05, 4.69) is 268 Å². The number of hydrogen-bond donors (Lipinski definition) is 2. The van der Waals surface area contributed by atoms with Crippen molar-refractivity contribution in [2.45, 2.75) is 452 Å². The van der Waals surface area contributed by atoms with Crippen molar-refractivity contribution >= 4 is 21.9 Å². The summed E-state index contributed by atoms with van der Waals surface area (Å²) in [5.74, 6) is 13.2. The van der Waals surface area contributed by atoms with Crippen LogP contribution in [0.25, 0.3) is 0 Å². The Balaban J connectivity index is 0.000000188. The summed E-state index contributed by atoms with van der Waals surface area (Å²) in [4.78, 5) is 11.6. The highest BCUT2D eigenvalue weighted by Gasteiger charge is 2.62. The lowest BCUT2D eigenvalue weighted by Crippen LogP contribution is -2.51. The molecule has 10 saturated carbocycles. The standard InChI is InChI=1S/C27H42O.C18H35Br.C18H26O3.C12H24.2C11H22.C10H20/c1-18(2)7-6-8-19(3)23-11-12-24-22-10-9-20-17-21(28)13-15-26(20,4)25(22)14-16-27(23,24)5;1-14(2)8-7-9-16(4)18(12-13-19)11-10-15(3)17(18,5)6;1-17-9-7-13-11(12(17)4-5-14(17)19)3-6-15-18(13,2)10-8-16(20)21-15;1-6-8-12(5)9-7-10(2)11(12,3)4;2*1-6-11(5)8-7-9(2)10(11,3)4;1-8-6-7-9(2,3)10(8,4)5/h6,8-9,19,21-25,28H,1,7,10-17H2,2-5H3;14-16H,7-13H2,1-6H3;6,11-14,19H,3-5,7-10H2,1-2H3;10H,6-9H2,1-5H3;2*9H,6-8H2,1-5H3;8H,6-7H2,1-5H3/b8-6+;;;;;;/t19-,21+,22+,23-,24+,25+,26+,27-;15?,16-,18?;11?,12?,13?,14-,17-,18+;10?,12-;2*9?,11-;/m110110./s1. The zero-order valence-electron chi connectivity index (χ0n) is 80.7. The molecule has 11 fully saturated rings. The molecule has 5 heteroatoms. The second-order valence-electron chi connectivity index (χ2n) is 48.2. The van der Waals surface area contributed by atoms with Gasteiger partial charge in [-0.2, -0.15) is 0 Å². The van der Waals surface area contributed by atoms with Crippen LogP contribution in [0.5, 0.6) is 0 Å². The fraction of sp³-hybridized carbons (Fsp3) is 0.916. The van der Waals surface area contributed by atoms with Crippen LogP contribution in [0.1, 0.15) is 440 Å². The number of carbonyl (C=O) groups is 1. The predicted molar refractivity (Wildman–Crippen MR) is 491 cm³/mol. The molecule has 1 aliphatic heterocycles. The van der Waals surface area contributed by atoms with Gasteiger partial charge in [-0.25, -0.2) is 0 Å². The number of esters is 1. The number of carbonyl (C=O) groups excluding carboxylic acids is 1. The fourth-order valence-electron chi connectivity index (χ4n) is 28.3. The van der Waals surface area contributed by atoms with Crippen molar-refractivity contribution in [2.24, 2.45) is 165 Å². The summed E-state index contributed by atoms with van der Waals surface area (Å²) in [6, 6.07) is 0. The second-order valence-corrected chi connectivity index (χ2v) is 49.0. The van der Waals surface area contributed by atoms with Crippen molar-refractivity contribution in [3.05, 3.63) is 47.8 Å². The number of aliphatic hydroxyl groups is 2. The molecule has 0 amide bonds. The Morgan fingerprint density at radius 2 is 1.01 bits per heavy atom. The Morgan fingerprint density at radius 3 is 1.46 bits per heavy atom. The average molecular weight is 1620 g/mol. The van der Waals surface area contributed by atoms with Crippen molar-refractivity contribution in [3.63, 3.8) is 0 Å². The molecule has 4 nitrogen and oxygen atoms in total. The molecule has 1 heterocycles. The van der Waals surface area contributed by atoms with E-state index >= 15 is 0 Å². The molecule has 0 aromatic rings. The Bertz CT molecular complexity index is 3060. The van der Waals surface area contributed by atoms with E-state index in [1.54, 1.807) is 5.57 Å². The van der Waals surface area contributed by atoms with E-state index in [1.807, 2.05) is 0 Å². The van der Waals surface area contributed by atoms with Crippen LogP contribution in [-0.4, -0.2) is 33.7 Å². The third-order valence-electron chi connectivity index (χ3n) is 41.8. The Morgan fingerprint density at radius 1 is 0.527 bits per heavy atom. The van der Waals surface area contributed by atoms with Crippen LogP contribution < -0.4 is 0 Å². The lowest BCUT2D eigenvalue weighted by molar-refractivity contribution is -0.152. The number of aliphatic hydroxyl groups excluding tert-OH is 2. The van der Waals surface area contributed by atoms with E-state index in [1.165, 1.54) is 166 Å². The Labute approximate surface area is 706 Å². The van der Waals surface area contributed by atoms with Gasteiger partial charge < -0.3 is 14.9 Å². The predicted octanol–water partition coefficient (Wildman–Crippen LogP) is 32.6. The number of allylic oxidation sites excluding steroid dienone is 6. The normalized spacial score (nSPS) is 42.8. The highest BCUT2D eigenvalue weighted by molar-refractivity contribution is 9.09. The van der Waals surface area contributed by atoms with Crippen LogP contribution in [0.3, 0.4) is 0 Å². The minimum Gasteiger partial charge on any atom is -0.431 e. The van der Waals surface area contributed by atoms with E-state index in [0.29, 0.717) is 95.1 Å². The molecule has 112 heavy (non-hydrogen) atoms. The van der Waals surface area contributed by atoms with Gasteiger partial charge in [0.2, 0.25) is 0 Å². The molecule has 650 valence electrons. The van der Waals surface area contributed by atoms with E-state index in [0.717, 1.165) is 128 Å². The first-order valence-electron chi connectivity index (χ1n) is 48.5. The SMILES string of the molecule is C=C(C)C/C=C/[C@@H](C)[C@H]1CC[C@H]2[C@@H]3CC=C4C[C@@H](O)CC[C@]4(C)[C@H]3CC[C@]12C.CC(C)CCC[C@@H](C)C1(CCBr)CCC(C)C1(C)C.CC1CCC(C)(C)C1(C)C.CCC[C@]1(C)CCC(C)C1(C)C.CC[C@@]1(C)CCC(C)C1(C)C.CC[C@]1(C)CCC(C)C1(C)C.C[C@]12CCC(=O)OC1=CCC1C2CC[C@@]2(C)C1CC[C@@H]2O. The van der Waals surface area contributed by atoms with Gasteiger partial charge in [0.05, 0.1) is 12.2 Å². The maximum atomic E-state index is 11.6. The topological polar surface area (TPSA) is 66.8 Å². The van der Waals surface area contributed by atoms with Crippen molar-refractivity contribution in [3.8, 4) is 0 Å². The van der Waals surface area contributed by atoms with Gasteiger partial charge in [-0.1, -0.05) is 305 Å². The first-order valence-corrected chi connectivity index (χ1v) is 49.6. The molecular formula is C107H191BrO4. The lowest BCUT2D eigenvalue weighted by atomic mass is 9.47. The van der Waals surface area contributed by atoms with Crippen molar-refractivity contribution in [2.75, 3.05) is 5.33 Å². The molecule has 13 rings (SSSR count). The summed E-state index contributed by atoms with van der Waals surface area (Å²) in [6.07, 6.45) is 52.7. The van der Waals surface area contributed by atoms with E-state index in [-0.39, 0.29) is 29.0 Å². The fourth-order valence-corrected chi connectivity index (χ4v) is 29.0. The quantitative estimate of drug-likeness (QED) is 0.0974. The van der Waals surface area contributed by atoms with Gasteiger partial charge in [0.25, 0.3) is 0 Å². The van der Waals surface area contributed by atoms with Gasteiger partial charge in [0.15, 0.2) is 0 Å². The summed E-state index contributed by atoms with van der Waals surface area (Å²) in [5, 5.41) is 21.8. The molecule has 13 aliphatic rings. The number of ether oxygens (including phenoxy) is 1. The molecule has 0 aromatic heterocycles. The van der Waals surface area contributed by atoms with Gasteiger partial charge >= 0.3 is 5.97 Å². The van der Waals surface area contributed by atoms with Crippen LogP contribution in [0.4, 0.5) is 0 Å². The molecule has 2 N–H and O–H groups in total. The summed E-state index contributed by atoms with van der Waals surface area (Å²) in [5.41, 5.74) is 9.58. The number of halogens is 1. The smallest absolute Gasteiger partial charge is 0.310 e. The maximum absolute atomic E-state index is 11.6. The zero-order valence-corrected chi connectivity index (χ0v) is 82.3. The van der Waals surface area contributed by atoms with E-state index in [4.69, 9.17) is 4.74 Å². The zero-order chi connectivity index (χ0) is 84.4. The third kappa shape index (κ3) is 19.3. The van der Waals surface area contributed by atoms with Crippen LogP contribution >= 0.6 is 15.9 Å². The molecule has 0 radical (unpaired) electrons.